The smallest absolute Gasteiger partial charge is 0.423 e. The van der Waals surface area contributed by atoms with Crippen LogP contribution in [-0.2, 0) is 12.6 Å². The van der Waals surface area contributed by atoms with Crippen LogP contribution < -0.4 is 20.3 Å². The lowest BCUT2D eigenvalue weighted by molar-refractivity contribution is -0.139. The van der Waals surface area contributed by atoms with E-state index in [2.05, 4.69) is 15.3 Å². The molecule has 0 saturated carbocycles. The average molecular weight is 448 g/mol. The van der Waals surface area contributed by atoms with Gasteiger partial charge >= 0.3 is 6.18 Å². The summed E-state index contributed by atoms with van der Waals surface area (Å²) < 4.78 is 63.9. The maximum Gasteiger partial charge on any atom is 0.423 e. The summed E-state index contributed by atoms with van der Waals surface area (Å²) in [5, 5.41) is 2.73. The van der Waals surface area contributed by atoms with Gasteiger partial charge in [-0.3, -0.25) is 4.79 Å². The summed E-state index contributed by atoms with van der Waals surface area (Å²) >= 11 is 0. The zero-order chi connectivity index (χ0) is 22.9. The maximum absolute atomic E-state index is 13.6. The SMILES string of the molecule is COc1cc(NF)ccc1Nc1ncc(C(F)(F)F)c(Oc2cccc3c2C(=O)CC3)n1. The molecule has 32 heavy (non-hydrogen) atoms. The van der Waals surface area contributed by atoms with Crippen LogP contribution in [0.3, 0.4) is 0 Å². The highest BCUT2D eigenvalue weighted by Crippen LogP contribution is 2.40. The Kier molecular flexibility index (Phi) is 5.56. The van der Waals surface area contributed by atoms with E-state index >= 15 is 0 Å². The van der Waals surface area contributed by atoms with Crippen LogP contribution >= 0.6 is 0 Å². The summed E-state index contributed by atoms with van der Waals surface area (Å²) in [7, 11) is 1.34. The monoisotopic (exact) mass is 448 g/mol. The first-order valence-corrected chi connectivity index (χ1v) is 9.39. The Morgan fingerprint density at radius 1 is 1.09 bits per heavy atom. The van der Waals surface area contributed by atoms with E-state index in [0.29, 0.717) is 18.2 Å². The molecular weight excluding hydrogens is 432 g/mol. The van der Waals surface area contributed by atoms with Crippen LogP contribution in [0.25, 0.3) is 0 Å². The summed E-state index contributed by atoms with van der Waals surface area (Å²) in [6.07, 6.45) is -3.44. The molecule has 1 heterocycles. The first-order valence-electron chi connectivity index (χ1n) is 9.39. The number of ether oxygens (including phenoxy) is 2. The second kappa shape index (κ2) is 8.33. The van der Waals surface area contributed by atoms with E-state index in [1.807, 2.05) is 0 Å². The number of rotatable bonds is 6. The van der Waals surface area contributed by atoms with Crippen molar-refractivity contribution in [1.82, 2.24) is 9.97 Å². The highest BCUT2D eigenvalue weighted by Gasteiger charge is 2.37. The Morgan fingerprint density at radius 3 is 2.62 bits per heavy atom. The van der Waals surface area contributed by atoms with Crippen molar-refractivity contribution in [1.29, 1.82) is 0 Å². The van der Waals surface area contributed by atoms with Gasteiger partial charge in [0.2, 0.25) is 11.8 Å². The third-order valence-corrected chi connectivity index (χ3v) is 4.84. The molecule has 11 heteroatoms. The van der Waals surface area contributed by atoms with E-state index in [9.17, 15) is 22.4 Å². The van der Waals surface area contributed by atoms with Crippen LogP contribution in [-0.4, -0.2) is 22.9 Å². The van der Waals surface area contributed by atoms with Crippen molar-refractivity contribution < 1.29 is 31.9 Å². The van der Waals surface area contributed by atoms with Gasteiger partial charge in [0.15, 0.2) is 5.78 Å². The molecule has 7 nitrogen and oxygen atoms in total. The number of hydrogen-bond donors (Lipinski definition) is 2. The van der Waals surface area contributed by atoms with Crippen molar-refractivity contribution >= 4 is 23.1 Å². The minimum absolute atomic E-state index is 0.00361. The first-order chi connectivity index (χ1) is 15.3. The number of benzene rings is 2. The number of aryl methyl sites for hydroxylation is 1. The Labute approximate surface area is 179 Å². The Morgan fingerprint density at radius 2 is 1.91 bits per heavy atom. The van der Waals surface area contributed by atoms with Crippen molar-refractivity contribution in [2.75, 3.05) is 18.0 Å². The summed E-state index contributed by atoms with van der Waals surface area (Å²) in [6, 6.07) is 8.90. The Balaban J connectivity index is 1.72. The molecule has 4 rings (SSSR count). The fraction of sp³-hybridized carbons (Fsp3) is 0.190. The Bertz CT molecular complexity index is 1180. The molecule has 0 aliphatic heterocycles. The van der Waals surface area contributed by atoms with Crippen molar-refractivity contribution in [2.24, 2.45) is 0 Å². The number of aromatic nitrogens is 2. The number of ketones is 1. The molecule has 0 bridgehead atoms. The van der Waals surface area contributed by atoms with Crippen LogP contribution in [0.1, 0.15) is 27.9 Å². The predicted octanol–water partition coefficient (Wildman–Crippen LogP) is 5.47. The highest BCUT2D eigenvalue weighted by atomic mass is 19.4. The number of nitrogens with zero attached hydrogens (tertiary/aromatic N) is 2. The molecule has 3 aromatic rings. The molecule has 0 unspecified atom stereocenters. The summed E-state index contributed by atoms with van der Waals surface area (Å²) in [4.78, 5) is 19.8. The van der Waals surface area contributed by atoms with Gasteiger partial charge in [-0.15, -0.1) is 4.48 Å². The van der Waals surface area contributed by atoms with Crippen molar-refractivity contribution in [3.8, 4) is 17.4 Å². The van der Waals surface area contributed by atoms with E-state index in [4.69, 9.17) is 9.47 Å². The van der Waals surface area contributed by atoms with E-state index in [-0.39, 0.29) is 46.6 Å². The van der Waals surface area contributed by atoms with Gasteiger partial charge in [0.25, 0.3) is 0 Å². The molecule has 0 radical (unpaired) electrons. The molecule has 2 aromatic carbocycles. The minimum Gasteiger partial charge on any atom is -0.494 e. The normalized spacial score (nSPS) is 13.0. The van der Waals surface area contributed by atoms with Gasteiger partial charge in [-0.1, -0.05) is 12.1 Å². The van der Waals surface area contributed by atoms with Gasteiger partial charge in [0, 0.05) is 18.7 Å². The number of fused-ring (bicyclic) bond motifs is 1. The lowest BCUT2D eigenvalue weighted by Gasteiger charge is -2.16. The standard InChI is InChI=1S/C21H16F4N4O3/c1-31-17-9-12(29-25)6-7-14(17)27-20-26-10-13(21(22,23)24)19(28-20)32-16-4-2-3-11-5-8-15(30)18(11)16/h2-4,6-7,9-10,29H,5,8H2,1H3,(H,26,27,28). The lowest BCUT2D eigenvalue weighted by atomic mass is 10.1. The average Bonchev–Trinajstić information content (AvgIpc) is 3.15. The summed E-state index contributed by atoms with van der Waals surface area (Å²) in [5.74, 6) is -0.987. The van der Waals surface area contributed by atoms with E-state index in [0.717, 1.165) is 0 Å². The highest BCUT2D eigenvalue weighted by molar-refractivity contribution is 6.03. The van der Waals surface area contributed by atoms with E-state index in [1.165, 1.54) is 36.9 Å². The van der Waals surface area contributed by atoms with E-state index < -0.39 is 17.6 Å². The second-order valence-corrected chi connectivity index (χ2v) is 6.86. The predicted molar refractivity (Wildman–Crippen MR) is 107 cm³/mol. The lowest BCUT2D eigenvalue weighted by Crippen LogP contribution is -2.11. The van der Waals surface area contributed by atoms with Crippen molar-refractivity contribution in [3.63, 3.8) is 0 Å². The quantitative estimate of drug-likeness (QED) is 0.382. The molecule has 2 N–H and O–H groups in total. The van der Waals surface area contributed by atoms with Gasteiger partial charge < -0.3 is 14.8 Å². The molecule has 0 amide bonds. The van der Waals surface area contributed by atoms with E-state index in [1.54, 1.807) is 12.1 Å². The number of alkyl halides is 3. The van der Waals surface area contributed by atoms with Crippen molar-refractivity contribution in [2.45, 2.75) is 19.0 Å². The molecule has 0 saturated heterocycles. The number of methoxy groups -OCH3 is 1. The molecule has 166 valence electrons. The topological polar surface area (TPSA) is 85.4 Å². The van der Waals surface area contributed by atoms with Gasteiger partial charge in [0.05, 0.1) is 24.0 Å². The number of carbonyl (C=O) groups is 1. The second-order valence-electron chi connectivity index (χ2n) is 6.86. The number of nitrogens with one attached hydrogen (secondary N) is 2. The number of anilines is 3. The number of hydrogen-bond acceptors (Lipinski definition) is 7. The number of Topliss-reactive ketones (excluding diaryl/α,β-unsaturated/α-hetero) is 1. The molecule has 1 aliphatic carbocycles. The molecule has 1 aromatic heterocycles. The van der Waals surface area contributed by atoms with Crippen LogP contribution in [0.4, 0.5) is 35.0 Å². The molecule has 0 fully saturated rings. The zero-order valence-electron chi connectivity index (χ0n) is 16.6. The van der Waals surface area contributed by atoms with Gasteiger partial charge in [0.1, 0.15) is 17.1 Å². The fourth-order valence-corrected chi connectivity index (χ4v) is 3.34. The van der Waals surface area contributed by atoms with Crippen molar-refractivity contribution in [3.05, 3.63) is 59.3 Å². The number of carbonyl (C=O) groups excluding carboxylic acids is 1. The fourth-order valence-electron chi connectivity index (χ4n) is 3.34. The summed E-state index contributed by atoms with van der Waals surface area (Å²) in [6.45, 7) is 0. The largest absolute Gasteiger partial charge is 0.494 e. The Hall–Kier alpha value is -3.89. The summed E-state index contributed by atoms with van der Waals surface area (Å²) in [5.41, 5.74) is 1.63. The molecule has 0 spiro atoms. The zero-order valence-corrected chi connectivity index (χ0v) is 16.6. The molecule has 0 atom stereocenters. The first kappa shape index (κ1) is 21.3. The molecule has 1 aliphatic rings. The van der Waals surface area contributed by atoms with Gasteiger partial charge in [-0.05, 0) is 30.2 Å². The minimum atomic E-state index is -4.79. The third-order valence-electron chi connectivity index (χ3n) is 4.84. The number of halogens is 4. The van der Waals surface area contributed by atoms with Crippen LogP contribution in [0, 0.1) is 0 Å². The third kappa shape index (κ3) is 4.13. The van der Waals surface area contributed by atoms with Crippen LogP contribution in [0.15, 0.2) is 42.6 Å². The van der Waals surface area contributed by atoms with Gasteiger partial charge in [-0.2, -0.15) is 18.2 Å². The van der Waals surface area contributed by atoms with Crippen LogP contribution in [0.5, 0.6) is 17.4 Å². The maximum atomic E-state index is 13.6. The molecular formula is C21H16F4N4O3. The van der Waals surface area contributed by atoms with Crippen LogP contribution in [0.2, 0.25) is 0 Å². The van der Waals surface area contributed by atoms with Gasteiger partial charge in [-0.25, -0.2) is 10.5 Å².